The third-order valence-electron chi connectivity index (χ3n) is 14.3. The minimum atomic E-state index is -0.264. The van der Waals surface area contributed by atoms with Crippen molar-refractivity contribution in [2.24, 2.45) is 16.8 Å². The summed E-state index contributed by atoms with van der Waals surface area (Å²) in [4.78, 5) is 6.18. The van der Waals surface area contributed by atoms with Crippen LogP contribution in [0.4, 0.5) is 0 Å². The lowest BCUT2D eigenvalue weighted by atomic mass is 9.78. The molecule has 4 heteroatoms. The van der Waals surface area contributed by atoms with E-state index in [-0.39, 0.29) is 17.9 Å². The van der Waals surface area contributed by atoms with Crippen LogP contribution in [0.25, 0.3) is 98.8 Å². The number of fused-ring (bicyclic) bond motifs is 10. The van der Waals surface area contributed by atoms with E-state index in [1.54, 1.807) is 0 Å². The quantitative estimate of drug-likeness (QED) is 0.167. The molecule has 0 saturated carbocycles. The molecule has 1 aliphatic heterocycles. The Morgan fingerprint density at radius 3 is 2.03 bits per heavy atom. The highest BCUT2D eigenvalue weighted by Gasteiger charge is 2.33. The maximum atomic E-state index is 6.88. The molecule has 66 heavy (non-hydrogen) atoms. The second kappa shape index (κ2) is 15.4. The first-order valence-electron chi connectivity index (χ1n) is 23.3. The van der Waals surface area contributed by atoms with Gasteiger partial charge in [-0.25, -0.2) is 0 Å². The summed E-state index contributed by atoms with van der Waals surface area (Å²) in [6.45, 7) is 4.67. The van der Waals surface area contributed by atoms with Gasteiger partial charge < -0.3 is 13.4 Å². The molecule has 9 aromatic carbocycles. The van der Waals surface area contributed by atoms with Crippen molar-refractivity contribution < 1.29 is 8.83 Å². The fraction of sp³-hybridized carbons (Fsp3) is 0.113. The monoisotopic (exact) mass is 850 g/mol. The first-order valence-corrected chi connectivity index (χ1v) is 23.3. The number of allylic oxidation sites excluding steroid dienone is 1. The number of aliphatic imine (C=N–C) groups is 1. The van der Waals surface area contributed by atoms with Crippen molar-refractivity contribution in [3.05, 3.63) is 217 Å². The molecule has 0 bridgehead atoms. The van der Waals surface area contributed by atoms with Crippen molar-refractivity contribution in [2.75, 3.05) is 0 Å². The molecule has 13 rings (SSSR count). The van der Waals surface area contributed by atoms with Crippen LogP contribution >= 0.6 is 0 Å². The molecule has 0 aliphatic carbocycles. The molecule has 0 amide bonds. The van der Waals surface area contributed by atoms with Crippen LogP contribution in [0.5, 0.6) is 0 Å². The van der Waals surface area contributed by atoms with Crippen LogP contribution < -0.4 is 0 Å². The zero-order valence-corrected chi connectivity index (χ0v) is 36.9. The number of aromatic nitrogens is 1. The number of nitrogens with zero attached hydrogens (tertiary/aromatic N) is 2. The Balaban J connectivity index is 1.09. The SMILES string of the molecule is CCC1/C(c2cccc(-c3ccccc3)c2)=C/CC(C)/C(c2cc(-n3c4ccccc4c4cc5ccccc5cc43)cc3oc4ccccc4c23)=N\C1c1cccc2c1oc1ccccc12. The van der Waals surface area contributed by atoms with Gasteiger partial charge >= 0.3 is 0 Å². The Morgan fingerprint density at radius 1 is 0.530 bits per heavy atom. The van der Waals surface area contributed by atoms with E-state index in [0.717, 1.165) is 90.3 Å². The molecule has 0 radical (unpaired) electrons. The molecular formula is C62H46N2O2. The second-order valence-corrected chi connectivity index (χ2v) is 18.1. The third-order valence-corrected chi connectivity index (χ3v) is 14.3. The number of para-hydroxylation sites is 4. The standard InChI is InChI=1S/C62H46N2O2/c1-3-45-46(43-22-15-21-40(33-43)39-17-5-4-6-18-39)32-31-38(2)60(63-61(45)51-27-16-26-49-48-24-10-13-29-56(48)66-62(49)51)53-36-44(37-58-59(53)50-25-11-14-30-57(50)65-58)64-54-28-12-9-23-47(54)52-34-41-19-7-8-20-42(41)35-55(52)64/h4-30,32-38,45,61H,3,31H2,1-2H3/b46-32+,63-60+. The highest BCUT2D eigenvalue weighted by Crippen LogP contribution is 2.47. The van der Waals surface area contributed by atoms with E-state index in [0.29, 0.717) is 0 Å². The Kier molecular flexibility index (Phi) is 8.96. The van der Waals surface area contributed by atoms with Crippen LogP contribution in [0.3, 0.4) is 0 Å². The van der Waals surface area contributed by atoms with Crippen molar-refractivity contribution in [3.63, 3.8) is 0 Å². The molecule has 316 valence electrons. The van der Waals surface area contributed by atoms with E-state index in [4.69, 9.17) is 13.8 Å². The fourth-order valence-corrected chi connectivity index (χ4v) is 11.1. The van der Waals surface area contributed by atoms with Crippen molar-refractivity contribution in [3.8, 4) is 16.8 Å². The van der Waals surface area contributed by atoms with Crippen LogP contribution in [0.1, 0.15) is 49.4 Å². The van der Waals surface area contributed by atoms with Gasteiger partial charge in [0.15, 0.2) is 0 Å². The average molecular weight is 851 g/mol. The zero-order chi connectivity index (χ0) is 43.9. The van der Waals surface area contributed by atoms with Crippen LogP contribution in [0.2, 0.25) is 0 Å². The van der Waals surface area contributed by atoms with Crippen molar-refractivity contribution in [2.45, 2.75) is 32.7 Å². The minimum Gasteiger partial charge on any atom is -0.456 e. The van der Waals surface area contributed by atoms with Crippen molar-refractivity contribution in [1.29, 1.82) is 0 Å². The molecule has 0 fully saturated rings. The summed E-state index contributed by atoms with van der Waals surface area (Å²) in [5.41, 5.74) is 15.1. The summed E-state index contributed by atoms with van der Waals surface area (Å²) in [6.07, 6.45) is 4.23. The highest BCUT2D eigenvalue weighted by molar-refractivity contribution is 6.21. The molecule has 0 N–H and O–H groups in total. The van der Waals surface area contributed by atoms with E-state index >= 15 is 0 Å². The largest absolute Gasteiger partial charge is 0.456 e. The van der Waals surface area contributed by atoms with E-state index in [9.17, 15) is 0 Å². The zero-order valence-electron chi connectivity index (χ0n) is 36.9. The van der Waals surface area contributed by atoms with Crippen molar-refractivity contribution >= 4 is 87.7 Å². The highest BCUT2D eigenvalue weighted by atomic mass is 16.3. The summed E-state index contributed by atoms with van der Waals surface area (Å²) < 4.78 is 16.2. The maximum absolute atomic E-state index is 6.88. The topological polar surface area (TPSA) is 43.6 Å². The first-order chi connectivity index (χ1) is 32.6. The van der Waals surface area contributed by atoms with Crippen molar-refractivity contribution in [1.82, 2.24) is 4.57 Å². The van der Waals surface area contributed by atoms with E-state index in [1.165, 1.54) is 43.8 Å². The Hall–Kier alpha value is -7.95. The second-order valence-electron chi connectivity index (χ2n) is 18.1. The van der Waals surface area contributed by atoms with E-state index in [1.807, 2.05) is 0 Å². The van der Waals surface area contributed by atoms with Gasteiger partial charge in [-0.1, -0.05) is 166 Å². The summed E-state index contributed by atoms with van der Waals surface area (Å²) in [5, 5.41) is 9.32. The predicted molar refractivity (Wildman–Crippen MR) is 276 cm³/mol. The van der Waals surface area contributed by atoms with E-state index in [2.05, 4.69) is 219 Å². The summed E-state index contributed by atoms with van der Waals surface area (Å²) in [6, 6.07) is 69.8. The number of benzene rings is 9. The Morgan fingerprint density at radius 2 is 1.20 bits per heavy atom. The van der Waals surface area contributed by atoms with E-state index < -0.39 is 0 Å². The molecule has 4 nitrogen and oxygen atoms in total. The Labute approximate surface area is 382 Å². The fourth-order valence-electron chi connectivity index (χ4n) is 11.1. The van der Waals surface area contributed by atoms with Crippen LogP contribution in [0.15, 0.2) is 214 Å². The third kappa shape index (κ3) is 6.09. The summed E-state index contributed by atoms with van der Waals surface area (Å²) in [5.74, 6) is 0.101. The molecule has 3 aromatic heterocycles. The molecular weight excluding hydrogens is 805 g/mol. The van der Waals surface area contributed by atoms with Crippen LogP contribution in [-0.2, 0) is 0 Å². The number of hydrogen-bond donors (Lipinski definition) is 0. The lowest BCUT2D eigenvalue weighted by molar-refractivity contribution is 0.510. The van der Waals surface area contributed by atoms with Gasteiger partial charge in [0.2, 0.25) is 0 Å². The molecule has 4 heterocycles. The molecule has 3 unspecified atom stereocenters. The van der Waals surface area contributed by atoms with Gasteiger partial charge in [0.05, 0.1) is 22.8 Å². The van der Waals surface area contributed by atoms with Crippen LogP contribution in [0, 0.1) is 11.8 Å². The minimum absolute atomic E-state index is 0.0442. The first kappa shape index (κ1) is 38.5. The van der Waals surface area contributed by atoms with Gasteiger partial charge in [-0.3, -0.25) is 4.99 Å². The van der Waals surface area contributed by atoms with Gasteiger partial charge in [-0.2, -0.15) is 0 Å². The van der Waals surface area contributed by atoms with Gasteiger partial charge in [0.1, 0.15) is 22.3 Å². The summed E-state index contributed by atoms with van der Waals surface area (Å²) >= 11 is 0. The normalized spacial score (nSPS) is 18.5. The number of hydrogen-bond acceptors (Lipinski definition) is 3. The molecule has 0 spiro atoms. The number of rotatable bonds is 6. The Bertz CT molecular complexity index is 3940. The molecule has 12 aromatic rings. The lowest BCUT2D eigenvalue weighted by Crippen LogP contribution is -2.22. The van der Waals surface area contributed by atoms with Gasteiger partial charge in [0, 0.05) is 67.1 Å². The maximum Gasteiger partial charge on any atom is 0.140 e. The van der Waals surface area contributed by atoms with Gasteiger partial charge in [-0.15, -0.1) is 0 Å². The van der Waals surface area contributed by atoms with Crippen LogP contribution in [-0.4, -0.2) is 10.3 Å². The summed E-state index contributed by atoms with van der Waals surface area (Å²) in [7, 11) is 0. The average Bonchev–Trinajstić information content (AvgIpc) is 4.04. The molecule has 3 atom stereocenters. The van der Waals surface area contributed by atoms with Gasteiger partial charge in [-0.05, 0) is 88.3 Å². The molecule has 1 aliphatic rings. The van der Waals surface area contributed by atoms with Gasteiger partial charge in [0.25, 0.3) is 0 Å². The predicted octanol–water partition coefficient (Wildman–Crippen LogP) is 17.1. The number of furan rings is 2. The lowest BCUT2D eigenvalue weighted by Gasteiger charge is -2.31. The smallest absolute Gasteiger partial charge is 0.140 e. The molecule has 0 saturated heterocycles.